The Balaban J connectivity index is 0.000000158. The summed E-state index contributed by atoms with van der Waals surface area (Å²) in [6.07, 6.45) is 0. The molecule has 0 fully saturated rings. The van der Waals surface area contributed by atoms with Crippen molar-refractivity contribution in [3.8, 4) is 22.3 Å². The topological polar surface area (TPSA) is 52.0 Å². The van der Waals surface area contributed by atoms with E-state index < -0.39 is 0 Å². The van der Waals surface area contributed by atoms with E-state index >= 15 is 0 Å². The normalized spacial score (nSPS) is 10.8. The van der Waals surface area contributed by atoms with Gasteiger partial charge in [-0.25, -0.2) is 0 Å². The van der Waals surface area contributed by atoms with Crippen LogP contribution in [0, 0.1) is 6.92 Å². The highest BCUT2D eigenvalue weighted by atomic mass is 14.5. The van der Waals surface area contributed by atoms with Crippen molar-refractivity contribution in [3.63, 3.8) is 0 Å². The zero-order valence-corrected chi connectivity index (χ0v) is 29.0. The maximum atomic E-state index is 5.94. The van der Waals surface area contributed by atoms with Crippen molar-refractivity contribution in [2.24, 2.45) is 11.5 Å². The summed E-state index contributed by atoms with van der Waals surface area (Å²) in [4.78, 5) is 0. The molecule has 4 N–H and O–H groups in total. The van der Waals surface area contributed by atoms with E-state index in [0.717, 1.165) is 5.56 Å². The van der Waals surface area contributed by atoms with Crippen LogP contribution in [-0.4, -0.2) is 0 Å². The van der Waals surface area contributed by atoms with Crippen LogP contribution >= 0.6 is 0 Å². The van der Waals surface area contributed by atoms with Crippen molar-refractivity contribution < 1.29 is 0 Å². The molecule has 9 rings (SSSR count). The van der Waals surface area contributed by atoms with Crippen LogP contribution in [0.5, 0.6) is 0 Å². The summed E-state index contributed by atoms with van der Waals surface area (Å²) in [6, 6.07) is 66.3. The van der Waals surface area contributed by atoms with Gasteiger partial charge in [-0.1, -0.05) is 181 Å². The van der Waals surface area contributed by atoms with Gasteiger partial charge in [0.05, 0.1) is 0 Å². The second kappa shape index (κ2) is 15.7. The van der Waals surface area contributed by atoms with Gasteiger partial charge in [-0.2, -0.15) is 0 Å². The zero-order valence-electron chi connectivity index (χ0n) is 29.0. The molecule has 2 heteroatoms. The first-order valence-corrected chi connectivity index (χ1v) is 17.5. The monoisotopic (exact) mass is 658 g/mol. The lowest BCUT2D eigenvalue weighted by molar-refractivity contribution is 1.07. The second-order valence-corrected chi connectivity index (χ2v) is 12.8. The summed E-state index contributed by atoms with van der Waals surface area (Å²) in [7, 11) is 0. The first-order chi connectivity index (χ1) is 25.1. The van der Waals surface area contributed by atoms with E-state index in [1.54, 1.807) is 0 Å². The second-order valence-electron chi connectivity index (χ2n) is 12.8. The highest BCUT2D eigenvalue weighted by Gasteiger charge is 2.14. The van der Waals surface area contributed by atoms with Crippen LogP contribution in [-0.2, 0) is 13.1 Å². The molecule has 0 unspecified atom stereocenters. The molecule has 0 spiro atoms. The molecule has 0 amide bonds. The Kier molecular flexibility index (Phi) is 10.3. The van der Waals surface area contributed by atoms with Gasteiger partial charge >= 0.3 is 0 Å². The molecule has 0 bridgehead atoms. The fourth-order valence-corrected chi connectivity index (χ4v) is 6.86. The van der Waals surface area contributed by atoms with E-state index in [9.17, 15) is 0 Å². The third kappa shape index (κ3) is 7.29. The summed E-state index contributed by atoms with van der Waals surface area (Å²) in [5.74, 6) is 0. The van der Waals surface area contributed by atoms with Crippen molar-refractivity contribution in [2.75, 3.05) is 0 Å². The lowest BCUT2D eigenvalue weighted by Crippen LogP contribution is -1.96. The van der Waals surface area contributed by atoms with Crippen molar-refractivity contribution in [2.45, 2.75) is 20.0 Å². The predicted octanol–water partition coefficient (Wildman–Crippen LogP) is 12.2. The highest BCUT2D eigenvalue weighted by molar-refractivity contribution is 6.33. The number of hydrogen-bond acceptors (Lipinski definition) is 2. The first kappa shape index (κ1) is 33.4. The fourth-order valence-electron chi connectivity index (χ4n) is 6.86. The Morgan fingerprint density at radius 1 is 0.333 bits per heavy atom. The van der Waals surface area contributed by atoms with E-state index in [-0.39, 0.29) is 0 Å². The molecule has 248 valence electrons. The summed E-state index contributed by atoms with van der Waals surface area (Å²) in [5, 5.41) is 10.4. The molecule has 0 radical (unpaired) electrons. The third-order valence-electron chi connectivity index (χ3n) is 9.46. The molecule has 9 aromatic rings. The predicted molar refractivity (Wildman–Crippen MR) is 221 cm³/mol. The molecule has 0 atom stereocenters. The lowest BCUT2D eigenvalue weighted by atomic mass is 9.87. The number of rotatable bonds is 4. The van der Waals surface area contributed by atoms with Crippen molar-refractivity contribution >= 4 is 43.1 Å². The summed E-state index contributed by atoms with van der Waals surface area (Å²) in [5.41, 5.74) is 20.0. The molecule has 2 nitrogen and oxygen atoms in total. The van der Waals surface area contributed by atoms with Gasteiger partial charge in [0.25, 0.3) is 0 Å². The molecule has 0 saturated heterocycles. The van der Waals surface area contributed by atoms with Gasteiger partial charge in [0.2, 0.25) is 0 Å². The molecule has 0 aliphatic carbocycles. The van der Waals surface area contributed by atoms with Gasteiger partial charge in [-0.05, 0) is 95.5 Å². The molecule has 0 aliphatic heterocycles. The van der Waals surface area contributed by atoms with E-state index in [4.69, 9.17) is 11.5 Å². The summed E-state index contributed by atoms with van der Waals surface area (Å²) >= 11 is 0. The van der Waals surface area contributed by atoms with Gasteiger partial charge in [0, 0.05) is 13.1 Å². The molecule has 51 heavy (non-hydrogen) atoms. The first-order valence-electron chi connectivity index (χ1n) is 17.5. The Bertz CT molecular complexity index is 2540. The van der Waals surface area contributed by atoms with Crippen molar-refractivity contribution in [1.82, 2.24) is 0 Å². The average molecular weight is 659 g/mol. The standard InChI is InChI=1S/C29H21N.C13H12.C7H9N/c30-18-19-8-7-9-20(16-19)27-17-28-23-12-2-1-10-21(23)22-11-3-5-14-25(22)29(28)26-15-6-4-13-24(26)27;1-11-7-9-13(10-8-11)12-5-3-2-4-6-12;8-6-7-4-2-1-3-5-7/h1-17H,18,30H2;2-10H,1H3;1-5H,6,8H2. The molecule has 0 saturated carbocycles. The van der Waals surface area contributed by atoms with E-state index in [1.165, 1.54) is 76.5 Å². The Hall–Kier alpha value is -6.06. The maximum Gasteiger partial charge on any atom is 0.0178 e. The summed E-state index contributed by atoms with van der Waals surface area (Å²) in [6.45, 7) is 3.29. The Labute approximate surface area is 300 Å². The van der Waals surface area contributed by atoms with Crippen LogP contribution in [0.1, 0.15) is 16.7 Å². The van der Waals surface area contributed by atoms with Gasteiger partial charge in [-0.15, -0.1) is 0 Å². The minimum Gasteiger partial charge on any atom is -0.326 e. The van der Waals surface area contributed by atoms with Gasteiger partial charge in [0.1, 0.15) is 0 Å². The molecular formula is C49H42N2. The van der Waals surface area contributed by atoms with Crippen LogP contribution in [0.25, 0.3) is 65.3 Å². The van der Waals surface area contributed by atoms with E-state index in [1.807, 2.05) is 36.4 Å². The quantitative estimate of drug-likeness (QED) is 0.185. The fraction of sp³-hybridized carbons (Fsp3) is 0.0612. The number of fused-ring (bicyclic) bond motifs is 8. The van der Waals surface area contributed by atoms with Crippen LogP contribution in [0.3, 0.4) is 0 Å². The Morgan fingerprint density at radius 3 is 1.35 bits per heavy atom. The Morgan fingerprint density at radius 2 is 0.765 bits per heavy atom. The molecule has 9 aromatic carbocycles. The minimum absolute atomic E-state index is 0.549. The molecule has 0 aromatic heterocycles. The maximum absolute atomic E-state index is 5.94. The molecular weight excluding hydrogens is 617 g/mol. The van der Waals surface area contributed by atoms with E-state index in [2.05, 4.69) is 159 Å². The van der Waals surface area contributed by atoms with Gasteiger partial charge < -0.3 is 11.5 Å². The third-order valence-corrected chi connectivity index (χ3v) is 9.46. The van der Waals surface area contributed by atoms with Crippen molar-refractivity contribution in [1.29, 1.82) is 0 Å². The van der Waals surface area contributed by atoms with Crippen LogP contribution in [0.15, 0.2) is 188 Å². The smallest absolute Gasteiger partial charge is 0.0178 e. The molecule has 0 aliphatic rings. The van der Waals surface area contributed by atoms with Gasteiger partial charge in [0.15, 0.2) is 0 Å². The zero-order chi connectivity index (χ0) is 35.0. The number of hydrogen-bond donors (Lipinski definition) is 2. The largest absolute Gasteiger partial charge is 0.326 e. The van der Waals surface area contributed by atoms with E-state index in [0.29, 0.717) is 13.1 Å². The van der Waals surface area contributed by atoms with Crippen LogP contribution in [0.2, 0.25) is 0 Å². The van der Waals surface area contributed by atoms with Gasteiger partial charge in [-0.3, -0.25) is 0 Å². The average Bonchev–Trinajstić information content (AvgIpc) is 3.22. The summed E-state index contributed by atoms with van der Waals surface area (Å²) < 4.78 is 0. The van der Waals surface area contributed by atoms with Crippen LogP contribution in [0.4, 0.5) is 0 Å². The van der Waals surface area contributed by atoms with Crippen LogP contribution < -0.4 is 11.5 Å². The number of aryl methyl sites for hydroxylation is 1. The SMILES string of the molecule is Cc1ccc(-c2ccccc2)cc1.NCc1cccc(-c2cc3c4ccccc4c4ccccc4c3c3ccccc23)c1.NCc1ccccc1. The minimum atomic E-state index is 0.549. The molecule has 0 heterocycles. The van der Waals surface area contributed by atoms with Crippen molar-refractivity contribution in [3.05, 3.63) is 205 Å². The number of benzene rings is 9. The number of nitrogens with two attached hydrogens (primary N) is 2. The highest BCUT2D eigenvalue weighted by Crippen LogP contribution is 2.42. The lowest BCUT2D eigenvalue weighted by Gasteiger charge is -2.16.